The lowest BCUT2D eigenvalue weighted by atomic mass is 10.2. The third-order valence-corrected chi connectivity index (χ3v) is 4.60. The number of amidine groups is 1. The Morgan fingerprint density at radius 2 is 1.92 bits per heavy atom. The smallest absolute Gasteiger partial charge is 0.240 e. The fourth-order valence-corrected chi connectivity index (χ4v) is 3.32. The summed E-state index contributed by atoms with van der Waals surface area (Å²) < 4.78 is 5.20. The number of nitrogens with zero attached hydrogens (tertiary/aromatic N) is 1. The number of carbonyl (C=O) groups excluding carboxylic acids is 2. The molecule has 2 aromatic carbocycles. The van der Waals surface area contributed by atoms with Crippen LogP contribution in [0, 0.1) is 0 Å². The summed E-state index contributed by atoms with van der Waals surface area (Å²) in [6, 6.07) is 16.5. The maximum Gasteiger partial charge on any atom is 0.240 e. The molecular weight excluding hydrogens is 338 g/mol. The third kappa shape index (κ3) is 4.39. The molecule has 0 spiro atoms. The van der Waals surface area contributed by atoms with Crippen LogP contribution in [0.5, 0.6) is 5.75 Å². The number of ether oxygens (including phenoxy) is 1. The van der Waals surface area contributed by atoms with Crippen LogP contribution in [-0.4, -0.2) is 29.3 Å². The number of anilines is 1. The fourth-order valence-electron chi connectivity index (χ4n) is 2.33. The van der Waals surface area contributed by atoms with Gasteiger partial charge in [0.2, 0.25) is 11.8 Å². The van der Waals surface area contributed by atoms with Crippen molar-refractivity contribution in [1.82, 2.24) is 5.32 Å². The molecule has 0 bridgehead atoms. The van der Waals surface area contributed by atoms with Gasteiger partial charge in [-0.3, -0.25) is 9.59 Å². The zero-order chi connectivity index (χ0) is 17.6. The van der Waals surface area contributed by atoms with E-state index in [0.29, 0.717) is 16.6 Å². The third-order valence-electron chi connectivity index (χ3n) is 3.52. The van der Waals surface area contributed by atoms with E-state index in [-0.39, 0.29) is 18.2 Å². The Morgan fingerprint density at radius 1 is 1.20 bits per heavy atom. The number of aliphatic imine (C=N–C) groups is 1. The van der Waals surface area contributed by atoms with E-state index in [2.05, 4.69) is 15.6 Å². The predicted octanol–water partition coefficient (Wildman–Crippen LogP) is 2.94. The monoisotopic (exact) mass is 355 g/mol. The van der Waals surface area contributed by atoms with Crippen LogP contribution in [0.2, 0.25) is 0 Å². The number of rotatable bonds is 5. The maximum atomic E-state index is 12.2. The van der Waals surface area contributed by atoms with Crippen LogP contribution in [0.4, 0.5) is 11.4 Å². The number of thioether (sulfide) groups is 1. The van der Waals surface area contributed by atoms with Crippen LogP contribution in [0.25, 0.3) is 0 Å². The van der Waals surface area contributed by atoms with Gasteiger partial charge in [0.1, 0.15) is 11.0 Å². The average Bonchev–Trinajstić information content (AvgIpc) is 2.95. The normalized spacial score (nSPS) is 18.0. The van der Waals surface area contributed by atoms with Crippen LogP contribution in [0.1, 0.15) is 6.42 Å². The van der Waals surface area contributed by atoms with Crippen molar-refractivity contribution in [2.45, 2.75) is 11.7 Å². The van der Waals surface area contributed by atoms with E-state index in [4.69, 9.17) is 4.74 Å². The van der Waals surface area contributed by atoms with E-state index in [1.165, 1.54) is 18.9 Å². The van der Waals surface area contributed by atoms with E-state index in [1.807, 2.05) is 36.4 Å². The molecule has 0 aromatic heterocycles. The van der Waals surface area contributed by atoms with Gasteiger partial charge in [-0.25, -0.2) is 4.99 Å². The Kier molecular flexibility index (Phi) is 5.35. The van der Waals surface area contributed by atoms with Gasteiger partial charge >= 0.3 is 0 Å². The summed E-state index contributed by atoms with van der Waals surface area (Å²) in [6.45, 7) is 0. The van der Waals surface area contributed by atoms with Gasteiger partial charge in [0.15, 0.2) is 5.17 Å². The van der Waals surface area contributed by atoms with Crippen LogP contribution < -0.4 is 15.4 Å². The second-order valence-electron chi connectivity index (χ2n) is 5.30. The van der Waals surface area contributed by atoms with Gasteiger partial charge in [-0.15, -0.1) is 0 Å². The van der Waals surface area contributed by atoms with Crippen molar-refractivity contribution >= 4 is 40.1 Å². The van der Waals surface area contributed by atoms with Crippen molar-refractivity contribution in [2.75, 3.05) is 12.4 Å². The first-order valence-electron chi connectivity index (χ1n) is 7.70. The summed E-state index contributed by atoms with van der Waals surface area (Å²) in [7, 11) is 1.54. The van der Waals surface area contributed by atoms with Crippen molar-refractivity contribution in [3.05, 3.63) is 54.6 Å². The minimum absolute atomic E-state index is 0.0579. The summed E-state index contributed by atoms with van der Waals surface area (Å²) in [5.74, 6) is 0.110. The molecule has 6 nitrogen and oxygen atoms in total. The van der Waals surface area contributed by atoms with Gasteiger partial charge in [0.05, 0.1) is 18.5 Å². The van der Waals surface area contributed by atoms with E-state index in [9.17, 15) is 9.59 Å². The molecule has 7 heteroatoms. The van der Waals surface area contributed by atoms with Crippen LogP contribution in [-0.2, 0) is 9.59 Å². The second-order valence-corrected chi connectivity index (χ2v) is 6.49. The molecule has 0 radical (unpaired) electrons. The number of carbonyl (C=O) groups is 2. The molecule has 25 heavy (non-hydrogen) atoms. The van der Waals surface area contributed by atoms with Crippen molar-refractivity contribution in [3.63, 3.8) is 0 Å². The maximum absolute atomic E-state index is 12.2. The van der Waals surface area contributed by atoms with Crippen molar-refractivity contribution in [3.8, 4) is 5.75 Å². The second kappa shape index (κ2) is 7.85. The average molecular weight is 355 g/mol. The van der Waals surface area contributed by atoms with E-state index in [1.54, 1.807) is 18.2 Å². The zero-order valence-corrected chi connectivity index (χ0v) is 14.4. The Balaban J connectivity index is 1.62. The van der Waals surface area contributed by atoms with Crippen LogP contribution in [0.3, 0.4) is 0 Å². The van der Waals surface area contributed by atoms with Gasteiger partial charge in [-0.1, -0.05) is 42.1 Å². The SMILES string of the molecule is COc1ccccc1NC(=O)C[C@@H]1SC(=Nc2ccccc2)NC1=O. The quantitative estimate of drug-likeness (QED) is 0.864. The summed E-state index contributed by atoms with van der Waals surface area (Å²) in [5, 5.41) is 5.49. The molecule has 1 aliphatic rings. The topological polar surface area (TPSA) is 79.8 Å². The molecular formula is C18H17N3O3S. The molecule has 1 fully saturated rings. The fraction of sp³-hybridized carbons (Fsp3) is 0.167. The van der Waals surface area contributed by atoms with E-state index in [0.717, 1.165) is 5.69 Å². The molecule has 2 N–H and O–H groups in total. The number of nitrogens with one attached hydrogen (secondary N) is 2. The van der Waals surface area contributed by atoms with Gasteiger partial charge in [0.25, 0.3) is 0 Å². The van der Waals surface area contributed by atoms with E-state index < -0.39 is 5.25 Å². The van der Waals surface area contributed by atoms with Crippen molar-refractivity contribution in [1.29, 1.82) is 0 Å². The Hall–Kier alpha value is -2.80. The molecule has 128 valence electrons. The standard InChI is InChI=1S/C18H17N3O3S/c1-24-14-10-6-5-9-13(14)20-16(22)11-15-17(23)21-18(25-15)19-12-7-3-2-4-8-12/h2-10,15H,11H2,1H3,(H,20,22)(H,19,21,23)/t15-/m0/s1. The lowest BCUT2D eigenvalue weighted by molar-refractivity contribution is -0.122. The minimum atomic E-state index is -0.503. The number of para-hydroxylation sites is 3. The van der Waals surface area contributed by atoms with Crippen molar-refractivity contribution < 1.29 is 14.3 Å². The molecule has 1 saturated heterocycles. The van der Waals surface area contributed by atoms with E-state index >= 15 is 0 Å². The lowest BCUT2D eigenvalue weighted by Gasteiger charge is -2.10. The Labute approximate surface area is 149 Å². The lowest BCUT2D eigenvalue weighted by Crippen LogP contribution is -2.28. The zero-order valence-electron chi connectivity index (χ0n) is 13.6. The molecule has 2 aromatic rings. The summed E-state index contributed by atoms with van der Waals surface area (Å²) in [5.41, 5.74) is 1.33. The van der Waals surface area contributed by atoms with Crippen molar-refractivity contribution in [2.24, 2.45) is 4.99 Å². The minimum Gasteiger partial charge on any atom is -0.495 e. The number of hydrogen-bond acceptors (Lipinski definition) is 5. The first-order valence-corrected chi connectivity index (χ1v) is 8.58. The van der Waals surface area contributed by atoms with Crippen LogP contribution >= 0.6 is 11.8 Å². The summed E-state index contributed by atoms with van der Waals surface area (Å²) >= 11 is 1.26. The molecule has 0 saturated carbocycles. The largest absolute Gasteiger partial charge is 0.495 e. The Morgan fingerprint density at radius 3 is 2.68 bits per heavy atom. The Bertz CT molecular complexity index is 808. The first kappa shape index (κ1) is 17.0. The highest BCUT2D eigenvalue weighted by molar-refractivity contribution is 8.15. The van der Waals surface area contributed by atoms with Gasteiger partial charge < -0.3 is 15.4 Å². The predicted molar refractivity (Wildman–Crippen MR) is 99.3 cm³/mol. The van der Waals surface area contributed by atoms with Gasteiger partial charge in [-0.05, 0) is 24.3 Å². The molecule has 1 aliphatic heterocycles. The number of amides is 2. The molecule has 0 unspecified atom stereocenters. The number of methoxy groups -OCH3 is 1. The van der Waals surface area contributed by atoms with Gasteiger partial charge in [0, 0.05) is 6.42 Å². The number of hydrogen-bond donors (Lipinski definition) is 2. The first-order chi connectivity index (χ1) is 12.2. The molecule has 2 amide bonds. The molecule has 1 heterocycles. The van der Waals surface area contributed by atoms with Crippen LogP contribution in [0.15, 0.2) is 59.6 Å². The highest BCUT2D eigenvalue weighted by atomic mass is 32.2. The molecule has 0 aliphatic carbocycles. The molecule has 3 rings (SSSR count). The summed E-state index contributed by atoms with van der Waals surface area (Å²) in [6.07, 6.45) is 0.0579. The highest BCUT2D eigenvalue weighted by Crippen LogP contribution is 2.27. The molecule has 1 atom stereocenters. The van der Waals surface area contributed by atoms with Gasteiger partial charge in [-0.2, -0.15) is 0 Å². The summed E-state index contributed by atoms with van der Waals surface area (Å²) in [4.78, 5) is 28.7. The highest BCUT2D eigenvalue weighted by Gasteiger charge is 2.32. The number of benzene rings is 2.